The number of benzene rings is 1. The van der Waals surface area contributed by atoms with Crippen LogP contribution in [0.15, 0.2) is 23.7 Å². The number of hydrogen-bond donors (Lipinski definition) is 1. The molecule has 2 N–H and O–H groups in total. The Kier molecular flexibility index (Phi) is 5.38. The molecule has 1 unspecified atom stereocenters. The van der Waals surface area contributed by atoms with Gasteiger partial charge < -0.3 is 10.5 Å². The third-order valence-corrected chi connectivity index (χ3v) is 2.21. The Morgan fingerprint density at radius 1 is 1.41 bits per heavy atom. The molecule has 5 heteroatoms. The number of ether oxygens (including phenoxy) is 1. The lowest BCUT2D eigenvalue weighted by Gasteiger charge is -2.10. The maximum absolute atomic E-state index is 13.5. The van der Waals surface area contributed by atoms with Gasteiger partial charge in [0, 0.05) is 11.6 Å². The molecule has 1 atom stereocenters. The van der Waals surface area contributed by atoms with E-state index < -0.39 is 17.4 Å². The first kappa shape index (κ1) is 13.9. The molecule has 0 aromatic heterocycles. The summed E-state index contributed by atoms with van der Waals surface area (Å²) in [7, 11) is 0. The first-order chi connectivity index (χ1) is 8.04. The molecule has 0 spiro atoms. The van der Waals surface area contributed by atoms with Gasteiger partial charge in [-0.3, -0.25) is 0 Å². The van der Waals surface area contributed by atoms with Gasteiger partial charge in [0.15, 0.2) is 17.4 Å². The van der Waals surface area contributed by atoms with Crippen molar-refractivity contribution in [3.05, 3.63) is 40.9 Å². The fourth-order valence-electron chi connectivity index (χ4n) is 1.41. The van der Waals surface area contributed by atoms with E-state index in [1.165, 1.54) is 23.7 Å². The van der Waals surface area contributed by atoms with E-state index in [1.807, 2.05) is 0 Å². The Balaban J connectivity index is 2.86. The summed E-state index contributed by atoms with van der Waals surface area (Å²) < 4.78 is 32.0. The fourth-order valence-corrected chi connectivity index (χ4v) is 1.48. The monoisotopic (exact) mass is 261 g/mol. The lowest BCUT2D eigenvalue weighted by atomic mass is 10.1. The van der Waals surface area contributed by atoms with Gasteiger partial charge >= 0.3 is 0 Å². The van der Waals surface area contributed by atoms with Gasteiger partial charge in [-0.1, -0.05) is 11.6 Å². The Hall–Kier alpha value is -1.13. The SMILES string of the molecule is CC(N)Cc1cc(F)c(OCC=CCl)c(F)c1. The zero-order valence-electron chi connectivity index (χ0n) is 9.42. The average Bonchev–Trinajstić information content (AvgIpc) is 2.21. The maximum Gasteiger partial charge on any atom is 0.191 e. The van der Waals surface area contributed by atoms with E-state index in [-0.39, 0.29) is 12.6 Å². The molecular formula is C12H14ClF2NO. The summed E-state index contributed by atoms with van der Waals surface area (Å²) in [5.41, 5.74) is 7.29. The molecule has 0 saturated heterocycles. The second-order valence-corrected chi connectivity index (χ2v) is 3.99. The minimum absolute atomic E-state index is 0.0178. The molecule has 0 aliphatic rings. The van der Waals surface area contributed by atoms with E-state index in [9.17, 15) is 8.78 Å². The third kappa shape index (κ3) is 4.32. The molecular weight excluding hydrogens is 248 g/mol. The predicted molar refractivity (Wildman–Crippen MR) is 64.2 cm³/mol. The maximum atomic E-state index is 13.5. The van der Waals surface area contributed by atoms with Crippen molar-refractivity contribution in [3.63, 3.8) is 0 Å². The molecule has 1 aromatic rings. The zero-order chi connectivity index (χ0) is 12.8. The highest BCUT2D eigenvalue weighted by molar-refractivity contribution is 6.25. The summed E-state index contributed by atoms with van der Waals surface area (Å²) in [4.78, 5) is 0. The van der Waals surface area contributed by atoms with E-state index in [1.54, 1.807) is 6.92 Å². The zero-order valence-corrected chi connectivity index (χ0v) is 10.2. The molecule has 1 aromatic carbocycles. The lowest BCUT2D eigenvalue weighted by molar-refractivity contribution is 0.320. The van der Waals surface area contributed by atoms with E-state index in [2.05, 4.69) is 0 Å². The largest absolute Gasteiger partial charge is 0.483 e. The first-order valence-electron chi connectivity index (χ1n) is 5.16. The molecule has 0 fully saturated rings. The van der Waals surface area contributed by atoms with Crippen molar-refractivity contribution in [2.75, 3.05) is 6.61 Å². The fraction of sp³-hybridized carbons (Fsp3) is 0.333. The summed E-state index contributed by atoms with van der Waals surface area (Å²) in [6.07, 6.45) is 1.85. The second-order valence-electron chi connectivity index (χ2n) is 3.74. The Bertz CT molecular complexity index is 384. The van der Waals surface area contributed by atoms with Gasteiger partial charge in [0.05, 0.1) is 0 Å². The summed E-state index contributed by atoms with van der Waals surface area (Å²) >= 11 is 5.27. The van der Waals surface area contributed by atoms with Crippen molar-refractivity contribution in [1.82, 2.24) is 0 Å². The van der Waals surface area contributed by atoms with Crippen molar-refractivity contribution in [2.24, 2.45) is 5.73 Å². The minimum Gasteiger partial charge on any atom is -0.483 e. The van der Waals surface area contributed by atoms with Gasteiger partial charge in [0.2, 0.25) is 0 Å². The molecule has 0 aliphatic heterocycles. The van der Waals surface area contributed by atoms with Gasteiger partial charge in [0.25, 0.3) is 0 Å². The molecule has 94 valence electrons. The van der Waals surface area contributed by atoms with Crippen LogP contribution in [0.4, 0.5) is 8.78 Å². The highest BCUT2D eigenvalue weighted by Gasteiger charge is 2.12. The standard InChI is InChI=1S/C12H14ClF2NO/c1-8(16)5-9-6-10(14)12(11(15)7-9)17-4-2-3-13/h2-3,6-8H,4-5,16H2,1H3. The van der Waals surface area contributed by atoms with Crippen LogP contribution in [0.5, 0.6) is 5.75 Å². The van der Waals surface area contributed by atoms with Gasteiger partial charge in [0.1, 0.15) is 6.61 Å². The van der Waals surface area contributed by atoms with Gasteiger partial charge in [-0.2, -0.15) is 0 Å². The van der Waals surface area contributed by atoms with E-state index >= 15 is 0 Å². The van der Waals surface area contributed by atoms with Crippen LogP contribution in [0.1, 0.15) is 12.5 Å². The Morgan fingerprint density at radius 3 is 2.47 bits per heavy atom. The summed E-state index contributed by atoms with van der Waals surface area (Å²) in [6, 6.07) is 2.30. The van der Waals surface area contributed by atoms with Gasteiger partial charge in [-0.15, -0.1) is 0 Å². The van der Waals surface area contributed by atoms with Crippen molar-refractivity contribution < 1.29 is 13.5 Å². The highest BCUT2D eigenvalue weighted by Crippen LogP contribution is 2.23. The van der Waals surface area contributed by atoms with Gasteiger partial charge in [-0.25, -0.2) is 8.78 Å². The Labute approximate surface area is 104 Å². The lowest BCUT2D eigenvalue weighted by Crippen LogP contribution is -2.18. The summed E-state index contributed by atoms with van der Waals surface area (Å²) in [6.45, 7) is 1.79. The average molecular weight is 262 g/mol. The van der Waals surface area contributed by atoms with Crippen LogP contribution in [0.3, 0.4) is 0 Å². The summed E-state index contributed by atoms with van der Waals surface area (Å²) in [5.74, 6) is -1.86. The molecule has 1 rings (SSSR count). The number of nitrogens with two attached hydrogens (primary N) is 1. The van der Waals surface area contributed by atoms with Crippen LogP contribution in [0, 0.1) is 11.6 Å². The second kappa shape index (κ2) is 6.57. The van der Waals surface area contributed by atoms with Crippen molar-refractivity contribution >= 4 is 11.6 Å². The normalized spacial score (nSPS) is 13.0. The highest BCUT2D eigenvalue weighted by atomic mass is 35.5. The van der Waals surface area contributed by atoms with Crippen LogP contribution >= 0.6 is 11.6 Å². The van der Waals surface area contributed by atoms with Crippen LogP contribution in [-0.2, 0) is 6.42 Å². The predicted octanol–water partition coefficient (Wildman–Crippen LogP) is 2.99. The topological polar surface area (TPSA) is 35.2 Å². The number of halogens is 3. The van der Waals surface area contributed by atoms with E-state index in [0.29, 0.717) is 12.0 Å². The van der Waals surface area contributed by atoms with Crippen molar-refractivity contribution in [2.45, 2.75) is 19.4 Å². The van der Waals surface area contributed by atoms with Gasteiger partial charge in [-0.05, 0) is 37.1 Å². The van der Waals surface area contributed by atoms with Crippen LogP contribution < -0.4 is 10.5 Å². The van der Waals surface area contributed by atoms with Crippen LogP contribution in [0.2, 0.25) is 0 Å². The third-order valence-electron chi connectivity index (χ3n) is 2.03. The molecule has 0 amide bonds. The molecule has 0 aliphatic carbocycles. The number of rotatable bonds is 5. The molecule has 2 nitrogen and oxygen atoms in total. The van der Waals surface area contributed by atoms with Crippen LogP contribution in [0.25, 0.3) is 0 Å². The first-order valence-corrected chi connectivity index (χ1v) is 5.59. The molecule has 0 radical (unpaired) electrons. The van der Waals surface area contributed by atoms with E-state index in [4.69, 9.17) is 22.1 Å². The summed E-state index contributed by atoms with van der Waals surface area (Å²) in [5, 5.41) is 0. The smallest absolute Gasteiger partial charge is 0.191 e. The minimum atomic E-state index is -0.733. The van der Waals surface area contributed by atoms with Crippen molar-refractivity contribution in [1.29, 1.82) is 0 Å². The van der Waals surface area contributed by atoms with Crippen LogP contribution in [-0.4, -0.2) is 12.6 Å². The van der Waals surface area contributed by atoms with Crippen molar-refractivity contribution in [3.8, 4) is 5.75 Å². The molecule has 0 bridgehead atoms. The molecule has 17 heavy (non-hydrogen) atoms. The quantitative estimate of drug-likeness (QED) is 0.884. The van der Waals surface area contributed by atoms with E-state index in [0.717, 1.165) is 0 Å². The number of hydrogen-bond acceptors (Lipinski definition) is 2. The molecule has 0 saturated carbocycles. The Morgan fingerprint density at radius 2 is 2.00 bits per heavy atom. The molecule has 0 heterocycles.